The van der Waals surface area contributed by atoms with Crippen molar-refractivity contribution in [2.24, 2.45) is 11.7 Å². The second-order valence-electron chi connectivity index (χ2n) is 4.99. The highest BCUT2D eigenvalue weighted by molar-refractivity contribution is 6.31. The lowest BCUT2D eigenvalue weighted by molar-refractivity contribution is 0.198. The molecule has 0 heterocycles. The summed E-state index contributed by atoms with van der Waals surface area (Å²) in [6.07, 6.45) is 6.50. The molecule has 0 amide bonds. The minimum absolute atomic E-state index is 0.0251. The van der Waals surface area contributed by atoms with Crippen molar-refractivity contribution in [1.29, 1.82) is 0 Å². The number of rotatable bonds is 3. The Morgan fingerprint density at radius 2 is 2.05 bits per heavy atom. The highest BCUT2D eigenvalue weighted by atomic mass is 35.5. The molecule has 0 bridgehead atoms. The normalized spacial score (nSPS) is 39.1. The van der Waals surface area contributed by atoms with Crippen LogP contribution in [0, 0.1) is 5.92 Å². The Morgan fingerprint density at radius 1 is 1.35 bits per heavy atom. The average Bonchev–Trinajstić information content (AvgIpc) is 2.38. The molecule has 2 aliphatic carbocycles. The number of hydrogen-bond donors (Lipinski definition) is 4. The van der Waals surface area contributed by atoms with Crippen molar-refractivity contribution in [3.05, 3.63) is 35.1 Å². The lowest BCUT2D eigenvalue weighted by atomic mass is 9.93. The average molecular weight is 340 g/mol. The molecule has 4 nitrogen and oxygen atoms in total. The number of alkyl halides is 2. The molecular formula is C13H17Cl3N2O2. The van der Waals surface area contributed by atoms with E-state index in [0.29, 0.717) is 6.42 Å². The van der Waals surface area contributed by atoms with E-state index in [4.69, 9.17) is 40.5 Å². The lowest BCUT2D eigenvalue weighted by Gasteiger charge is -2.34. The summed E-state index contributed by atoms with van der Waals surface area (Å²) in [7, 11) is 0. The van der Waals surface area contributed by atoms with Gasteiger partial charge in [-0.3, -0.25) is 5.32 Å². The van der Waals surface area contributed by atoms with Gasteiger partial charge in [-0.1, -0.05) is 29.8 Å². The molecule has 0 spiro atoms. The van der Waals surface area contributed by atoms with Crippen LogP contribution in [-0.2, 0) is 0 Å². The molecule has 0 saturated heterocycles. The van der Waals surface area contributed by atoms with E-state index in [1.807, 2.05) is 0 Å². The molecule has 0 fully saturated rings. The molecule has 112 valence electrons. The number of hydrogen-bond acceptors (Lipinski definition) is 4. The Balaban J connectivity index is 2.06. The third-order valence-corrected chi connectivity index (χ3v) is 4.78. The van der Waals surface area contributed by atoms with Gasteiger partial charge in [0.1, 0.15) is 5.76 Å². The zero-order valence-electron chi connectivity index (χ0n) is 10.6. The molecule has 20 heavy (non-hydrogen) atoms. The SMILES string of the molecule is NC1C=CC(O)=C(Cl)C1C(Cl)NC1C=CC(O)CC1Cl. The van der Waals surface area contributed by atoms with Crippen LogP contribution in [0.3, 0.4) is 0 Å². The molecule has 0 aromatic rings. The van der Waals surface area contributed by atoms with Crippen molar-refractivity contribution in [2.45, 2.75) is 35.5 Å². The largest absolute Gasteiger partial charge is 0.507 e. The van der Waals surface area contributed by atoms with E-state index >= 15 is 0 Å². The summed E-state index contributed by atoms with van der Waals surface area (Å²) in [5.41, 5.74) is 5.38. The number of nitrogens with one attached hydrogen (secondary N) is 1. The fourth-order valence-corrected chi connectivity index (χ4v) is 3.51. The van der Waals surface area contributed by atoms with Crippen LogP contribution in [0.5, 0.6) is 0 Å². The molecule has 5 N–H and O–H groups in total. The van der Waals surface area contributed by atoms with Crippen molar-refractivity contribution >= 4 is 34.8 Å². The number of aliphatic hydroxyl groups excluding tert-OH is 2. The van der Waals surface area contributed by atoms with Gasteiger partial charge in [0, 0.05) is 18.0 Å². The topological polar surface area (TPSA) is 78.5 Å². The van der Waals surface area contributed by atoms with E-state index in [2.05, 4.69) is 5.32 Å². The van der Waals surface area contributed by atoms with Gasteiger partial charge in [-0.15, -0.1) is 23.2 Å². The van der Waals surface area contributed by atoms with Gasteiger partial charge in [-0.25, -0.2) is 0 Å². The molecular weight excluding hydrogens is 323 g/mol. The summed E-state index contributed by atoms with van der Waals surface area (Å²) < 4.78 is 0. The summed E-state index contributed by atoms with van der Waals surface area (Å²) in [6.45, 7) is 0. The van der Waals surface area contributed by atoms with Crippen LogP contribution in [0.15, 0.2) is 35.1 Å². The van der Waals surface area contributed by atoms with E-state index in [9.17, 15) is 10.2 Å². The monoisotopic (exact) mass is 338 g/mol. The summed E-state index contributed by atoms with van der Waals surface area (Å²) in [5, 5.41) is 22.2. The van der Waals surface area contributed by atoms with Gasteiger partial charge in [-0.2, -0.15) is 0 Å². The summed E-state index contributed by atoms with van der Waals surface area (Å²) in [6, 6.07) is -0.576. The fraction of sp³-hybridized carbons (Fsp3) is 0.538. The Kier molecular flexibility index (Phi) is 5.40. The molecule has 0 saturated carbocycles. The van der Waals surface area contributed by atoms with Crippen LogP contribution < -0.4 is 11.1 Å². The molecule has 6 unspecified atom stereocenters. The third-order valence-electron chi connectivity index (χ3n) is 3.49. The summed E-state index contributed by atoms with van der Waals surface area (Å²) in [5.74, 6) is -0.463. The zero-order chi connectivity index (χ0) is 14.9. The number of allylic oxidation sites excluding steroid dienone is 1. The molecule has 0 aliphatic heterocycles. The summed E-state index contributed by atoms with van der Waals surface area (Å²) >= 11 is 18.6. The highest BCUT2D eigenvalue weighted by Crippen LogP contribution is 2.32. The van der Waals surface area contributed by atoms with Crippen molar-refractivity contribution < 1.29 is 10.2 Å². The molecule has 0 radical (unpaired) electrons. The van der Waals surface area contributed by atoms with Crippen molar-refractivity contribution in [3.8, 4) is 0 Å². The van der Waals surface area contributed by atoms with Crippen LogP contribution in [0.2, 0.25) is 0 Å². The van der Waals surface area contributed by atoms with Crippen LogP contribution in [0.4, 0.5) is 0 Å². The van der Waals surface area contributed by atoms with Gasteiger partial charge in [-0.05, 0) is 12.5 Å². The Morgan fingerprint density at radius 3 is 2.70 bits per heavy atom. The van der Waals surface area contributed by atoms with E-state index in [0.717, 1.165) is 0 Å². The first-order valence-electron chi connectivity index (χ1n) is 6.33. The Bertz CT molecular complexity index is 453. The summed E-state index contributed by atoms with van der Waals surface area (Å²) in [4.78, 5) is 0. The smallest absolute Gasteiger partial charge is 0.130 e. The lowest BCUT2D eigenvalue weighted by Crippen LogP contribution is -2.50. The van der Waals surface area contributed by atoms with E-state index in [1.165, 1.54) is 6.08 Å². The van der Waals surface area contributed by atoms with Crippen LogP contribution in [-0.4, -0.2) is 39.3 Å². The minimum Gasteiger partial charge on any atom is -0.507 e. The molecule has 7 heteroatoms. The predicted octanol–water partition coefficient (Wildman–Crippen LogP) is 1.96. The van der Waals surface area contributed by atoms with Crippen molar-refractivity contribution in [2.75, 3.05) is 0 Å². The molecule has 2 aliphatic rings. The van der Waals surface area contributed by atoms with Crippen LogP contribution in [0.1, 0.15) is 6.42 Å². The maximum atomic E-state index is 9.65. The quantitative estimate of drug-likeness (QED) is 0.360. The van der Waals surface area contributed by atoms with Gasteiger partial charge >= 0.3 is 0 Å². The number of aliphatic hydroxyl groups is 2. The first-order chi connectivity index (χ1) is 9.40. The van der Waals surface area contributed by atoms with Gasteiger partial charge in [0.25, 0.3) is 0 Å². The maximum absolute atomic E-state index is 9.65. The van der Waals surface area contributed by atoms with E-state index in [-0.39, 0.29) is 28.3 Å². The van der Waals surface area contributed by atoms with Gasteiger partial charge in [0.2, 0.25) is 0 Å². The second-order valence-corrected chi connectivity index (χ2v) is 6.43. The first kappa shape index (κ1) is 16.1. The first-order valence-corrected chi connectivity index (χ1v) is 7.58. The zero-order valence-corrected chi connectivity index (χ0v) is 12.9. The molecule has 2 rings (SSSR count). The van der Waals surface area contributed by atoms with Gasteiger partial charge in [0.05, 0.1) is 22.0 Å². The third kappa shape index (κ3) is 3.50. The minimum atomic E-state index is -0.587. The molecule has 0 aromatic carbocycles. The van der Waals surface area contributed by atoms with E-state index in [1.54, 1.807) is 18.2 Å². The Labute approximate surface area is 132 Å². The molecule has 0 aromatic heterocycles. The van der Waals surface area contributed by atoms with Crippen LogP contribution >= 0.6 is 34.8 Å². The van der Waals surface area contributed by atoms with Crippen LogP contribution in [0.25, 0.3) is 0 Å². The Hall–Kier alpha value is -0.230. The highest BCUT2D eigenvalue weighted by Gasteiger charge is 2.34. The van der Waals surface area contributed by atoms with Gasteiger partial charge in [0.15, 0.2) is 0 Å². The predicted molar refractivity (Wildman–Crippen MR) is 82.1 cm³/mol. The molecule has 6 atom stereocenters. The second kappa shape index (κ2) is 6.69. The van der Waals surface area contributed by atoms with E-state index < -0.39 is 17.5 Å². The fourth-order valence-electron chi connectivity index (χ4n) is 2.34. The van der Waals surface area contributed by atoms with Gasteiger partial charge < -0.3 is 15.9 Å². The standard InChI is InChI=1S/C13H17Cl3N2O2/c14-7-5-6(19)1-3-9(7)18-13(16)11-8(17)2-4-10(20)12(11)15/h1-4,6-9,11,13,18-20H,5,17H2. The maximum Gasteiger partial charge on any atom is 0.130 e. The van der Waals surface area contributed by atoms with Crippen molar-refractivity contribution in [1.82, 2.24) is 5.32 Å². The van der Waals surface area contributed by atoms with Crippen molar-refractivity contribution in [3.63, 3.8) is 0 Å². The number of halogens is 3. The number of nitrogens with two attached hydrogens (primary N) is 1.